The van der Waals surface area contributed by atoms with Gasteiger partial charge in [0.25, 0.3) is 0 Å². The molecule has 138 valence electrons. The molecule has 3 rings (SSSR count). The number of halogens is 5. The Balaban J connectivity index is 0.00000144. The van der Waals surface area contributed by atoms with Crippen LogP contribution in [0.25, 0.3) is 0 Å². The molecule has 0 amide bonds. The Morgan fingerprint density at radius 2 is 1.67 bits per heavy atom. The summed E-state index contributed by atoms with van der Waals surface area (Å²) in [5.74, 6) is 0.618. The van der Waals surface area contributed by atoms with Gasteiger partial charge < -0.3 is 10.1 Å². The Hall–Kier alpha value is -0.690. The predicted molar refractivity (Wildman–Crippen MR) is 92.1 cm³/mol. The van der Waals surface area contributed by atoms with E-state index < -0.39 is 6.36 Å². The van der Waals surface area contributed by atoms with Crippen molar-refractivity contribution < 1.29 is 17.9 Å². The van der Waals surface area contributed by atoms with E-state index in [2.05, 4.69) is 15.0 Å². The fourth-order valence-electron chi connectivity index (χ4n) is 3.05. The zero-order chi connectivity index (χ0) is 15.6. The Bertz CT molecular complexity index is 489. The smallest absolute Gasteiger partial charge is 0.406 e. The lowest BCUT2D eigenvalue weighted by molar-refractivity contribution is -0.274. The lowest BCUT2D eigenvalue weighted by Gasteiger charge is -2.35. The first-order chi connectivity index (χ1) is 10.5. The van der Waals surface area contributed by atoms with Crippen LogP contribution in [0.4, 0.5) is 13.2 Å². The van der Waals surface area contributed by atoms with Gasteiger partial charge in [0.1, 0.15) is 5.75 Å². The van der Waals surface area contributed by atoms with Gasteiger partial charge in [-0.15, -0.1) is 38.0 Å². The highest BCUT2D eigenvalue weighted by Gasteiger charge is 2.32. The van der Waals surface area contributed by atoms with Crippen molar-refractivity contribution in [2.24, 2.45) is 5.92 Å². The van der Waals surface area contributed by atoms with Gasteiger partial charge in [-0.2, -0.15) is 0 Å². The molecule has 1 saturated carbocycles. The van der Waals surface area contributed by atoms with Crippen molar-refractivity contribution in [3.63, 3.8) is 0 Å². The molecule has 1 atom stereocenters. The summed E-state index contributed by atoms with van der Waals surface area (Å²) in [6.07, 6.45) is -0.983. The normalized spacial score (nSPS) is 19.8. The van der Waals surface area contributed by atoms with Crippen LogP contribution in [0.3, 0.4) is 0 Å². The molecule has 1 N–H and O–H groups in total. The number of alkyl halides is 3. The second-order valence-electron chi connectivity index (χ2n) is 6.10. The molecule has 0 bridgehead atoms. The Labute approximate surface area is 152 Å². The summed E-state index contributed by atoms with van der Waals surface area (Å²) < 4.78 is 40.7. The van der Waals surface area contributed by atoms with Crippen LogP contribution in [-0.2, 0) is 0 Å². The Kier molecular flexibility index (Phi) is 8.12. The standard InChI is InChI=1S/C16H21F3N2O.2ClH/c17-16(18,19)22-14-5-3-13(4-6-14)15(11-12-1-2-12)21-9-7-20-8-10-21;;/h3-6,12,15,20H,1-2,7-11H2;2*1H/t15-;;/m1../s1. The van der Waals surface area contributed by atoms with Crippen molar-refractivity contribution in [1.29, 1.82) is 0 Å². The van der Waals surface area contributed by atoms with Crippen molar-refractivity contribution in [2.75, 3.05) is 26.2 Å². The minimum Gasteiger partial charge on any atom is -0.406 e. The molecule has 1 heterocycles. The molecule has 1 aromatic carbocycles. The van der Waals surface area contributed by atoms with Crippen LogP contribution >= 0.6 is 24.8 Å². The van der Waals surface area contributed by atoms with Gasteiger partial charge in [0.05, 0.1) is 0 Å². The predicted octanol–water partition coefficient (Wildman–Crippen LogP) is 4.18. The highest BCUT2D eigenvalue weighted by Crippen LogP contribution is 2.40. The summed E-state index contributed by atoms with van der Waals surface area (Å²) >= 11 is 0. The average Bonchev–Trinajstić information content (AvgIpc) is 3.29. The minimum absolute atomic E-state index is 0. The molecule has 24 heavy (non-hydrogen) atoms. The van der Waals surface area contributed by atoms with Crippen molar-refractivity contribution in [3.05, 3.63) is 29.8 Å². The van der Waals surface area contributed by atoms with Crippen molar-refractivity contribution >= 4 is 24.8 Å². The van der Waals surface area contributed by atoms with E-state index in [0.29, 0.717) is 6.04 Å². The van der Waals surface area contributed by atoms with Gasteiger partial charge >= 0.3 is 6.36 Å². The third-order valence-corrected chi connectivity index (χ3v) is 4.34. The highest BCUT2D eigenvalue weighted by molar-refractivity contribution is 5.85. The fourth-order valence-corrected chi connectivity index (χ4v) is 3.05. The van der Waals surface area contributed by atoms with Crippen LogP contribution in [0.2, 0.25) is 0 Å². The molecule has 1 saturated heterocycles. The van der Waals surface area contributed by atoms with Crippen LogP contribution in [-0.4, -0.2) is 37.4 Å². The minimum atomic E-state index is -4.63. The van der Waals surface area contributed by atoms with E-state index in [0.717, 1.165) is 44.1 Å². The van der Waals surface area contributed by atoms with Gasteiger partial charge in [0.2, 0.25) is 0 Å². The first-order valence-electron chi connectivity index (χ1n) is 7.82. The van der Waals surface area contributed by atoms with Crippen LogP contribution in [0.15, 0.2) is 24.3 Å². The van der Waals surface area contributed by atoms with Gasteiger partial charge in [-0.1, -0.05) is 25.0 Å². The fraction of sp³-hybridized carbons (Fsp3) is 0.625. The SMILES string of the molecule is Cl.Cl.FC(F)(F)Oc1ccc([C@@H](CC2CC2)N2CCNCC2)cc1. The van der Waals surface area contributed by atoms with Crippen LogP contribution < -0.4 is 10.1 Å². The van der Waals surface area contributed by atoms with Crippen LogP contribution in [0.5, 0.6) is 5.75 Å². The number of ether oxygens (including phenoxy) is 1. The molecule has 1 aliphatic carbocycles. The maximum absolute atomic E-state index is 12.2. The van der Waals surface area contributed by atoms with Gasteiger partial charge in [0.15, 0.2) is 0 Å². The quantitative estimate of drug-likeness (QED) is 0.821. The molecule has 8 heteroatoms. The second kappa shape index (κ2) is 9.13. The maximum Gasteiger partial charge on any atom is 0.573 e. The average molecular weight is 387 g/mol. The molecule has 0 aromatic heterocycles. The van der Waals surface area contributed by atoms with Crippen molar-refractivity contribution in [2.45, 2.75) is 31.7 Å². The maximum atomic E-state index is 12.2. The summed E-state index contributed by atoms with van der Waals surface area (Å²) in [5, 5.41) is 3.34. The van der Waals surface area contributed by atoms with E-state index in [1.54, 1.807) is 12.1 Å². The number of nitrogens with zero attached hydrogens (tertiary/aromatic N) is 1. The first kappa shape index (κ1) is 21.4. The monoisotopic (exact) mass is 386 g/mol. The van der Waals surface area contributed by atoms with Crippen molar-refractivity contribution in [1.82, 2.24) is 10.2 Å². The number of piperazine rings is 1. The molecular weight excluding hydrogens is 364 g/mol. The van der Waals surface area contributed by atoms with Crippen molar-refractivity contribution in [3.8, 4) is 5.75 Å². The van der Waals surface area contributed by atoms with Crippen LogP contribution in [0, 0.1) is 5.92 Å². The summed E-state index contributed by atoms with van der Waals surface area (Å²) in [7, 11) is 0. The molecule has 1 aromatic rings. The third kappa shape index (κ3) is 6.31. The van der Waals surface area contributed by atoms with Gasteiger partial charge in [-0.25, -0.2) is 0 Å². The number of nitrogens with one attached hydrogen (secondary N) is 1. The van der Waals surface area contributed by atoms with E-state index >= 15 is 0 Å². The van der Waals surface area contributed by atoms with Crippen LogP contribution in [0.1, 0.15) is 30.9 Å². The zero-order valence-electron chi connectivity index (χ0n) is 13.2. The summed E-state index contributed by atoms with van der Waals surface area (Å²) in [6, 6.07) is 6.69. The molecule has 1 aliphatic heterocycles. The van der Waals surface area contributed by atoms with Gasteiger partial charge in [0, 0.05) is 32.2 Å². The summed E-state index contributed by atoms with van der Waals surface area (Å²) in [5.41, 5.74) is 1.09. The third-order valence-electron chi connectivity index (χ3n) is 4.34. The molecule has 3 nitrogen and oxygen atoms in total. The van der Waals surface area contributed by atoms with E-state index in [4.69, 9.17) is 0 Å². The molecule has 0 radical (unpaired) electrons. The van der Waals surface area contributed by atoms with E-state index in [-0.39, 0.29) is 30.6 Å². The van der Waals surface area contributed by atoms with E-state index in [1.807, 2.05) is 0 Å². The summed E-state index contributed by atoms with van der Waals surface area (Å²) in [4.78, 5) is 2.44. The molecule has 2 fully saturated rings. The number of hydrogen-bond acceptors (Lipinski definition) is 3. The number of rotatable bonds is 5. The zero-order valence-corrected chi connectivity index (χ0v) is 14.9. The van der Waals surface area contributed by atoms with Gasteiger partial charge in [-0.3, -0.25) is 4.90 Å². The highest BCUT2D eigenvalue weighted by atomic mass is 35.5. The molecular formula is C16H23Cl2F3N2O. The lowest BCUT2D eigenvalue weighted by Crippen LogP contribution is -2.45. The largest absolute Gasteiger partial charge is 0.573 e. The molecule has 0 spiro atoms. The second-order valence-corrected chi connectivity index (χ2v) is 6.10. The topological polar surface area (TPSA) is 24.5 Å². The molecule has 2 aliphatic rings. The Morgan fingerprint density at radius 1 is 1.08 bits per heavy atom. The van der Waals surface area contributed by atoms with Gasteiger partial charge in [-0.05, 0) is 30.0 Å². The summed E-state index contributed by atoms with van der Waals surface area (Å²) in [6.45, 7) is 3.91. The number of hydrogen-bond donors (Lipinski definition) is 1. The van der Waals surface area contributed by atoms with E-state index in [1.165, 1.54) is 25.0 Å². The Morgan fingerprint density at radius 3 is 2.17 bits per heavy atom. The number of benzene rings is 1. The molecule has 0 unspecified atom stereocenters. The van der Waals surface area contributed by atoms with E-state index in [9.17, 15) is 13.2 Å². The lowest BCUT2D eigenvalue weighted by atomic mass is 9.98. The first-order valence-corrected chi connectivity index (χ1v) is 7.82.